The number of hydrogen-bond acceptors (Lipinski definition) is 5. The fraction of sp³-hybridized carbons (Fsp3) is 0.333. The Morgan fingerprint density at radius 3 is 2.92 bits per heavy atom. The predicted molar refractivity (Wildman–Crippen MR) is 99.9 cm³/mol. The molecule has 4 rings (SSSR count). The van der Waals surface area contributed by atoms with Gasteiger partial charge in [0.05, 0.1) is 11.5 Å². The fourth-order valence-corrected chi connectivity index (χ4v) is 4.88. The molecule has 1 unspecified atom stereocenters. The Labute approximate surface area is 152 Å². The number of ether oxygens (including phenoxy) is 1. The summed E-state index contributed by atoms with van der Waals surface area (Å²) in [4.78, 5) is 20.7. The molecule has 3 aromatic rings. The molecule has 4 nitrogen and oxygen atoms in total. The van der Waals surface area contributed by atoms with Crippen LogP contribution in [0.5, 0.6) is 0 Å². The first-order chi connectivity index (χ1) is 12.2. The highest BCUT2D eigenvalue weighted by atomic mass is 32.2. The molecule has 3 heterocycles. The van der Waals surface area contributed by atoms with Crippen molar-refractivity contribution in [1.82, 2.24) is 9.97 Å². The standard InChI is InChI=1S/C18H17FN2O2S2/c19-12-6-4-11(5-7-12)14-10-24-17-15(14)16(22)20-18(21-17)25-9-13-3-1-2-8-23-13/h4-7,10,13H,1-3,8-9H2,(H,20,21,22). The lowest BCUT2D eigenvalue weighted by Crippen LogP contribution is -2.21. The van der Waals surface area contributed by atoms with Crippen LogP contribution in [0.2, 0.25) is 0 Å². The van der Waals surface area contributed by atoms with Gasteiger partial charge in [0, 0.05) is 23.3 Å². The Balaban J connectivity index is 1.60. The molecular formula is C18H17FN2O2S2. The minimum Gasteiger partial charge on any atom is -0.377 e. The summed E-state index contributed by atoms with van der Waals surface area (Å²) in [6.45, 7) is 0.820. The molecule has 1 fully saturated rings. The molecule has 1 aliphatic rings. The predicted octanol–water partition coefficient (Wildman–Crippen LogP) is 4.45. The second kappa shape index (κ2) is 7.27. The second-order valence-corrected chi connectivity index (χ2v) is 7.87. The quantitative estimate of drug-likeness (QED) is 0.540. The van der Waals surface area contributed by atoms with Crippen molar-refractivity contribution >= 4 is 33.3 Å². The number of benzene rings is 1. The number of thioether (sulfide) groups is 1. The summed E-state index contributed by atoms with van der Waals surface area (Å²) < 4.78 is 18.8. The van der Waals surface area contributed by atoms with E-state index < -0.39 is 0 Å². The molecule has 0 aliphatic carbocycles. The Hall–Kier alpha value is -1.70. The molecule has 25 heavy (non-hydrogen) atoms. The van der Waals surface area contributed by atoms with E-state index in [1.54, 1.807) is 12.1 Å². The number of H-pyrrole nitrogens is 1. The Morgan fingerprint density at radius 2 is 2.16 bits per heavy atom. The number of aromatic nitrogens is 2. The van der Waals surface area contributed by atoms with Gasteiger partial charge < -0.3 is 9.72 Å². The molecule has 1 aliphatic heterocycles. The highest BCUT2D eigenvalue weighted by molar-refractivity contribution is 7.99. The molecule has 0 amide bonds. The maximum Gasteiger partial charge on any atom is 0.260 e. The van der Waals surface area contributed by atoms with Crippen molar-refractivity contribution in [3.05, 3.63) is 45.8 Å². The minimum absolute atomic E-state index is 0.155. The maximum atomic E-state index is 13.1. The Kier molecular flexibility index (Phi) is 4.87. The molecule has 2 aromatic heterocycles. The zero-order chi connectivity index (χ0) is 17.2. The number of hydrogen-bond donors (Lipinski definition) is 1. The Bertz CT molecular complexity index is 930. The number of halogens is 1. The number of rotatable bonds is 4. The molecule has 1 N–H and O–H groups in total. The summed E-state index contributed by atoms with van der Waals surface area (Å²) in [6, 6.07) is 6.16. The van der Waals surface area contributed by atoms with Gasteiger partial charge in [-0.1, -0.05) is 23.9 Å². The van der Waals surface area contributed by atoms with Crippen LogP contribution in [0.15, 0.2) is 39.6 Å². The lowest BCUT2D eigenvalue weighted by atomic mass is 10.1. The fourth-order valence-electron chi connectivity index (χ4n) is 2.95. The van der Waals surface area contributed by atoms with Crippen molar-refractivity contribution < 1.29 is 9.13 Å². The van der Waals surface area contributed by atoms with Gasteiger partial charge in [-0.3, -0.25) is 4.79 Å². The molecule has 1 aromatic carbocycles. The monoisotopic (exact) mass is 376 g/mol. The second-order valence-electron chi connectivity index (χ2n) is 6.01. The average Bonchev–Trinajstić information content (AvgIpc) is 3.06. The van der Waals surface area contributed by atoms with Gasteiger partial charge in [0.1, 0.15) is 10.6 Å². The van der Waals surface area contributed by atoms with Gasteiger partial charge in [0.2, 0.25) is 0 Å². The van der Waals surface area contributed by atoms with Gasteiger partial charge in [-0.15, -0.1) is 11.3 Å². The number of nitrogens with zero attached hydrogens (tertiary/aromatic N) is 1. The smallest absolute Gasteiger partial charge is 0.260 e. The third kappa shape index (κ3) is 3.63. The molecule has 0 radical (unpaired) electrons. The summed E-state index contributed by atoms with van der Waals surface area (Å²) in [5.74, 6) is 0.504. The SMILES string of the molecule is O=c1[nH]c(SCC2CCCCO2)nc2scc(-c3ccc(F)cc3)c12. The minimum atomic E-state index is -0.293. The first kappa shape index (κ1) is 16.8. The van der Waals surface area contributed by atoms with Gasteiger partial charge in [-0.2, -0.15) is 0 Å². The van der Waals surface area contributed by atoms with E-state index in [2.05, 4.69) is 9.97 Å². The van der Waals surface area contributed by atoms with Gasteiger partial charge in [-0.25, -0.2) is 9.37 Å². The summed E-state index contributed by atoms with van der Waals surface area (Å²) in [7, 11) is 0. The van der Waals surface area contributed by atoms with E-state index in [9.17, 15) is 9.18 Å². The molecule has 130 valence electrons. The van der Waals surface area contributed by atoms with Crippen LogP contribution in [-0.2, 0) is 4.74 Å². The number of nitrogens with one attached hydrogen (secondary N) is 1. The van der Waals surface area contributed by atoms with Crippen molar-refractivity contribution in [3.8, 4) is 11.1 Å². The van der Waals surface area contributed by atoms with Crippen LogP contribution in [0, 0.1) is 5.82 Å². The first-order valence-electron chi connectivity index (χ1n) is 8.22. The molecule has 0 bridgehead atoms. The molecule has 0 spiro atoms. The topological polar surface area (TPSA) is 55.0 Å². The van der Waals surface area contributed by atoms with Crippen LogP contribution in [-0.4, -0.2) is 28.4 Å². The Morgan fingerprint density at radius 1 is 1.32 bits per heavy atom. The van der Waals surface area contributed by atoms with Crippen LogP contribution in [0.1, 0.15) is 19.3 Å². The van der Waals surface area contributed by atoms with Crippen molar-refractivity contribution in [2.45, 2.75) is 30.5 Å². The van der Waals surface area contributed by atoms with E-state index in [0.29, 0.717) is 15.4 Å². The van der Waals surface area contributed by atoms with Crippen LogP contribution >= 0.6 is 23.1 Å². The van der Waals surface area contributed by atoms with E-state index in [-0.39, 0.29) is 17.5 Å². The summed E-state index contributed by atoms with van der Waals surface area (Å²) in [6.07, 6.45) is 3.62. The highest BCUT2D eigenvalue weighted by Gasteiger charge is 2.17. The van der Waals surface area contributed by atoms with Crippen LogP contribution in [0.3, 0.4) is 0 Å². The third-order valence-electron chi connectivity index (χ3n) is 4.26. The molecule has 1 atom stereocenters. The van der Waals surface area contributed by atoms with Crippen LogP contribution in [0.25, 0.3) is 21.3 Å². The maximum absolute atomic E-state index is 13.1. The van der Waals surface area contributed by atoms with Crippen molar-refractivity contribution in [2.75, 3.05) is 12.4 Å². The van der Waals surface area contributed by atoms with Crippen molar-refractivity contribution in [2.24, 2.45) is 0 Å². The average molecular weight is 376 g/mol. The van der Waals surface area contributed by atoms with Crippen molar-refractivity contribution in [3.63, 3.8) is 0 Å². The third-order valence-corrected chi connectivity index (χ3v) is 6.13. The van der Waals surface area contributed by atoms with Gasteiger partial charge in [0.15, 0.2) is 5.16 Å². The summed E-state index contributed by atoms with van der Waals surface area (Å²) >= 11 is 2.96. The molecule has 0 saturated carbocycles. The normalized spacial score (nSPS) is 17.9. The van der Waals surface area contributed by atoms with Gasteiger partial charge >= 0.3 is 0 Å². The lowest BCUT2D eigenvalue weighted by molar-refractivity contribution is 0.0315. The van der Waals surface area contributed by atoms with E-state index in [4.69, 9.17) is 4.74 Å². The summed E-state index contributed by atoms with van der Waals surface area (Å²) in [5, 5.41) is 3.09. The number of thiophene rings is 1. The van der Waals surface area contributed by atoms with E-state index in [1.807, 2.05) is 5.38 Å². The zero-order valence-electron chi connectivity index (χ0n) is 13.5. The summed E-state index contributed by atoms with van der Waals surface area (Å²) in [5.41, 5.74) is 1.45. The number of aromatic amines is 1. The van der Waals surface area contributed by atoms with Crippen molar-refractivity contribution in [1.29, 1.82) is 0 Å². The lowest BCUT2D eigenvalue weighted by Gasteiger charge is -2.21. The zero-order valence-corrected chi connectivity index (χ0v) is 15.1. The van der Waals surface area contributed by atoms with E-state index >= 15 is 0 Å². The van der Waals surface area contributed by atoms with Crippen LogP contribution in [0.4, 0.5) is 4.39 Å². The molecule has 1 saturated heterocycles. The van der Waals surface area contributed by atoms with E-state index in [0.717, 1.165) is 36.3 Å². The number of fused-ring (bicyclic) bond motifs is 1. The largest absolute Gasteiger partial charge is 0.377 e. The van der Waals surface area contributed by atoms with E-state index in [1.165, 1.54) is 41.7 Å². The van der Waals surface area contributed by atoms with Gasteiger partial charge in [-0.05, 0) is 37.0 Å². The molecule has 7 heteroatoms. The molecular weight excluding hydrogens is 359 g/mol. The van der Waals surface area contributed by atoms with Crippen LogP contribution < -0.4 is 5.56 Å². The first-order valence-corrected chi connectivity index (χ1v) is 10.1. The highest BCUT2D eigenvalue weighted by Crippen LogP contribution is 2.32. The van der Waals surface area contributed by atoms with Gasteiger partial charge in [0.25, 0.3) is 5.56 Å².